The number of halogens is 2. The van der Waals surface area contributed by atoms with Crippen LogP contribution in [0.5, 0.6) is 0 Å². The molecule has 0 unspecified atom stereocenters. The van der Waals surface area contributed by atoms with Crippen molar-refractivity contribution in [2.24, 2.45) is 0 Å². The summed E-state index contributed by atoms with van der Waals surface area (Å²) in [6.07, 6.45) is 0.555. The number of hydrogen-bond donors (Lipinski definition) is 4. The number of amides is 1. The molecule has 0 aliphatic carbocycles. The third kappa shape index (κ3) is 16.0. The minimum absolute atomic E-state index is 0.0685. The van der Waals surface area contributed by atoms with Gasteiger partial charge in [0.25, 0.3) is 0 Å². The van der Waals surface area contributed by atoms with Gasteiger partial charge in [0.05, 0.1) is 70.7 Å². The highest BCUT2D eigenvalue weighted by molar-refractivity contribution is 7.89. The minimum atomic E-state index is -3.80. The third-order valence-corrected chi connectivity index (χ3v) is 10.1. The van der Waals surface area contributed by atoms with E-state index in [1.807, 2.05) is 19.2 Å². The Labute approximate surface area is 319 Å². The zero-order valence-corrected chi connectivity index (χ0v) is 31.8. The quantitative estimate of drug-likeness (QED) is 0.0774. The number of nitrogens with zero attached hydrogens (tertiary/aromatic N) is 3. The van der Waals surface area contributed by atoms with Gasteiger partial charge < -0.3 is 39.4 Å². The van der Waals surface area contributed by atoms with Gasteiger partial charge in [0.1, 0.15) is 6.29 Å². The van der Waals surface area contributed by atoms with Crippen LogP contribution >= 0.6 is 23.2 Å². The molecule has 3 rings (SSSR count). The monoisotopic (exact) mass is 803 g/mol. The Kier molecular flexibility index (Phi) is 19.1. The average Bonchev–Trinajstić information content (AvgIpc) is 3.09. The van der Waals surface area contributed by atoms with Gasteiger partial charge in [0.2, 0.25) is 15.9 Å². The van der Waals surface area contributed by atoms with Gasteiger partial charge in [-0.25, -0.2) is 13.1 Å². The van der Waals surface area contributed by atoms with E-state index in [1.54, 1.807) is 24.3 Å². The van der Waals surface area contributed by atoms with Crippen LogP contribution in [0.4, 0.5) is 0 Å². The number of aldehydes is 1. The SMILES string of the molecule is CN1Cc2c(Cl)cc(Cl)cc2[C@H](c2cccc(S(=O)(=O)NCCOCCOCCOCCNC(=O)CN(CCN(CC=O)CC(=O)O)CC(=O)O)c2)C1. The number of likely N-dealkylation sites (N-methyl/N-ethyl adjacent to an activating group) is 1. The van der Waals surface area contributed by atoms with Crippen LogP contribution in [0.25, 0.3) is 0 Å². The Morgan fingerprint density at radius 3 is 2.19 bits per heavy atom. The van der Waals surface area contributed by atoms with Crippen molar-refractivity contribution in [2.45, 2.75) is 17.4 Å². The Hall–Kier alpha value is -3.23. The van der Waals surface area contributed by atoms with Crippen molar-refractivity contribution in [3.63, 3.8) is 0 Å². The van der Waals surface area contributed by atoms with Crippen LogP contribution in [0, 0.1) is 0 Å². The van der Waals surface area contributed by atoms with E-state index in [4.69, 9.17) is 47.6 Å². The molecule has 0 saturated heterocycles. The topological polar surface area (TPSA) is 204 Å². The molecule has 0 fully saturated rings. The predicted octanol–water partition coefficient (Wildman–Crippen LogP) is 0.987. The molecule has 2 aromatic carbocycles. The lowest BCUT2D eigenvalue weighted by atomic mass is 9.85. The summed E-state index contributed by atoms with van der Waals surface area (Å²) in [5, 5.41) is 21.8. The number of carboxylic acids is 2. The average molecular weight is 805 g/mol. The molecular weight excluding hydrogens is 757 g/mol. The van der Waals surface area contributed by atoms with Crippen LogP contribution in [-0.4, -0.2) is 163 Å². The number of rotatable bonds is 26. The van der Waals surface area contributed by atoms with E-state index in [9.17, 15) is 27.6 Å². The number of carbonyl (C=O) groups is 4. The summed E-state index contributed by atoms with van der Waals surface area (Å²) < 4.78 is 45.1. The van der Waals surface area contributed by atoms with Crippen molar-refractivity contribution in [3.8, 4) is 0 Å². The maximum absolute atomic E-state index is 13.1. The van der Waals surface area contributed by atoms with E-state index < -0.39 is 34.4 Å². The summed E-state index contributed by atoms with van der Waals surface area (Å²) in [7, 11) is -1.81. The Morgan fingerprint density at radius 1 is 0.906 bits per heavy atom. The second-order valence-electron chi connectivity index (χ2n) is 12.3. The third-order valence-electron chi connectivity index (χ3n) is 8.06. The van der Waals surface area contributed by atoms with Gasteiger partial charge in [-0.1, -0.05) is 35.3 Å². The highest BCUT2D eigenvalue weighted by atomic mass is 35.5. The molecule has 1 aliphatic rings. The maximum atomic E-state index is 13.1. The molecule has 0 saturated carbocycles. The Balaban J connectivity index is 1.27. The zero-order valence-electron chi connectivity index (χ0n) is 29.5. The molecule has 1 aliphatic heterocycles. The second kappa shape index (κ2) is 22.9. The minimum Gasteiger partial charge on any atom is -0.480 e. The van der Waals surface area contributed by atoms with Crippen molar-refractivity contribution in [1.82, 2.24) is 24.7 Å². The van der Waals surface area contributed by atoms with Crippen molar-refractivity contribution in [3.05, 3.63) is 63.1 Å². The molecule has 2 aromatic rings. The van der Waals surface area contributed by atoms with E-state index in [2.05, 4.69) is 14.9 Å². The van der Waals surface area contributed by atoms with Gasteiger partial charge >= 0.3 is 11.9 Å². The molecule has 53 heavy (non-hydrogen) atoms. The molecule has 0 bridgehead atoms. The van der Waals surface area contributed by atoms with Crippen LogP contribution < -0.4 is 10.0 Å². The first-order chi connectivity index (χ1) is 25.3. The Bertz CT molecular complexity index is 1640. The summed E-state index contributed by atoms with van der Waals surface area (Å²) in [6.45, 7) is 1.94. The molecule has 294 valence electrons. The Morgan fingerprint density at radius 2 is 1.53 bits per heavy atom. The van der Waals surface area contributed by atoms with E-state index >= 15 is 0 Å². The molecular formula is C34H47Cl2N5O11S. The highest BCUT2D eigenvalue weighted by Gasteiger charge is 2.28. The molecule has 19 heteroatoms. The number of nitrogens with one attached hydrogen (secondary N) is 2. The number of carbonyl (C=O) groups excluding carboxylic acids is 2. The van der Waals surface area contributed by atoms with Crippen molar-refractivity contribution < 1.29 is 52.0 Å². The van der Waals surface area contributed by atoms with Crippen molar-refractivity contribution in [2.75, 3.05) is 106 Å². The van der Waals surface area contributed by atoms with Gasteiger partial charge in [-0.05, 0) is 48.0 Å². The molecule has 0 radical (unpaired) electrons. The number of aliphatic carboxylic acids is 2. The van der Waals surface area contributed by atoms with Crippen LogP contribution in [0.2, 0.25) is 10.0 Å². The van der Waals surface area contributed by atoms with E-state index in [0.717, 1.165) is 16.7 Å². The van der Waals surface area contributed by atoms with Crippen molar-refractivity contribution in [1.29, 1.82) is 0 Å². The van der Waals surface area contributed by atoms with Crippen molar-refractivity contribution >= 4 is 57.4 Å². The normalized spacial score (nSPS) is 14.7. The van der Waals surface area contributed by atoms with Gasteiger partial charge in [-0.2, -0.15) is 0 Å². The lowest BCUT2D eigenvalue weighted by Crippen LogP contribution is -2.45. The standard InChI is InChI=1S/C34H47Cl2N5O11S/c1-39-20-29(28-18-26(35)19-31(36)30(28)21-39)25-3-2-4-27(17-25)53(48,49)38-6-12-51-14-16-52-15-13-50-11-5-37-32(43)22-41(24-34(46)47)8-7-40(9-10-42)23-33(44)45/h2-4,10,17-19,29,38H,5-9,11-16,20-24H2,1H3,(H,37,43)(H,44,45)(H,46,47)/t29-/m0/s1. The molecule has 1 amide bonds. The molecule has 4 N–H and O–H groups in total. The van der Waals surface area contributed by atoms with Gasteiger partial charge in [-0.3, -0.25) is 24.2 Å². The number of hydrogen-bond acceptors (Lipinski definition) is 12. The molecule has 16 nitrogen and oxygen atoms in total. The molecule has 1 atom stereocenters. The number of fused-ring (bicyclic) bond motifs is 1. The molecule has 1 heterocycles. The van der Waals surface area contributed by atoms with Crippen LogP contribution in [0.15, 0.2) is 41.3 Å². The highest BCUT2D eigenvalue weighted by Crippen LogP contribution is 2.38. The fourth-order valence-electron chi connectivity index (χ4n) is 5.64. The summed E-state index contributed by atoms with van der Waals surface area (Å²) in [6, 6.07) is 10.5. The summed E-state index contributed by atoms with van der Waals surface area (Å²) in [5.41, 5.74) is 2.81. The van der Waals surface area contributed by atoms with Gasteiger partial charge in [0, 0.05) is 55.2 Å². The second-order valence-corrected chi connectivity index (χ2v) is 14.9. The fraction of sp³-hybridized carbons (Fsp3) is 0.529. The number of benzene rings is 2. The van der Waals surface area contributed by atoms with Gasteiger partial charge in [-0.15, -0.1) is 0 Å². The van der Waals surface area contributed by atoms with Gasteiger partial charge in [0.15, 0.2) is 0 Å². The summed E-state index contributed by atoms with van der Waals surface area (Å²) in [5.74, 6) is -2.81. The molecule has 0 spiro atoms. The summed E-state index contributed by atoms with van der Waals surface area (Å²) >= 11 is 12.8. The summed E-state index contributed by atoms with van der Waals surface area (Å²) in [4.78, 5) is 50.2. The first kappa shape index (κ1) is 44.2. The van der Waals surface area contributed by atoms with E-state index in [1.165, 1.54) is 9.80 Å². The number of carboxylic acid groups (broad SMARTS) is 2. The first-order valence-electron chi connectivity index (χ1n) is 16.9. The largest absolute Gasteiger partial charge is 0.480 e. The lowest BCUT2D eigenvalue weighted by molar-refractivity contribution is -0.140. The van der Waals surface area contributed by atoms with E-state index in [-0.39, 0.29) is 96.3 Å². The maximum Gasteiger partial charge on any atom is 0.317 e. The first-order valence-corrected chi connectivity index (χ1v) is 19.1. The van der Waals surface area contributed by atoms with Crippen LogP contribution in [0.3, 0.4) is 0 Å². The van der Waals surface area contributed by atoms with Crippen LogP contribution in [0.1, 0.15) is 22.6 Å². The van der Waals surface area contributed by atoms with E-state index in [0.29, 0.717) is 29.4 Å². The molecule has 0 aromatic heterocycles. The van der Waals surface area contributed by atoms with Crippen LogP contribution in [-0.2, 0) is 50.0 Å². The predicted molar refractivity (Wildman–Crippen MR) is 196 cm³/mol. The smallest absolute Gasteiger partial charge is 0.317 e. The number of sulfonamides is 1. The zero-order chi connectivity index (χ0) is 38.8. The lowest BCUT2D eigenvalue weighted by Gasteiger charge is -2.33. The number of ether oxygens (including phenoxy) is 3. The fourth-order valence-corrected chi connectivity index (χ4v) is 7.28.